The zero-order valence-corrected chi connectivity index (χ0v) is 21.9. The van der Waals surface area contributed by atoms with Crippen LogP contribution in [0.5, 0.6) is 0 Å². The molecule has 0 aromatic heterocycles. The number of nitrogens with zero attached hydrogens (tertiary/aromatic N) is 2. The summed E-state index contributed by atoms with van der Waals surface area (Å²) in [4.78, 5) is 81.0. The zero-order valence-electron chi connectivity index (χ0n) is 20.9. The first-order chi connectivity index (χ1) is 18.8. The van der Waals surface area contributed by atoms with Gasteiger partial charge in [0.2, 0.25) is 0 Å². The van der Waals surface area contributed by atoms with Gasteiger partial charge >= 0.3 is 12.3 Å². The van der Waals surface area contributed by atoms with Gasteiger partial charge in [-0.1, -0.05) is 81.2 Å². The van der Waals surface area contributed by atoms with Crippen LogP contribution in [0.1, 0.15) is 25.7 Å². The van der Waals surface area contributed by atoms with Crippen molar-refractivity contribution in [1.82, 2.24) is 10.1 Å². The maximum atomic E-state index is 12.2. The third-order valence-corrected chi connectivity index (χ3v) is 11.5. The van der Waals surface area contributed by atoms with Crippen LogP contribution in [0.2, 0.25) is 12.1 Å². The Hall–Kier alpha value is -4.52. The van der Waals surface area contributed by atoms with Crippen LogP contribution < -0.4 is 10.4 Å². The highest BCUT2D eigenvalue weighted by Crippen LogP contribution is 2.20. The van der Waals surface area contributed by atoms with E-state index in [1.165, 1.54) is 0 Å². The van der Waals surface area contributed by atoms with E-state index in [0.717, 1.165) is 10.4 Å². The van der Waals surface area contributed by atoms with Gasteiger partial charge in [0.25, 0.3) is 23.6 Å². The summed E-state index contributed by atoms with van der Waals surface area (Å²) < 4.78 is 10.5. The Morgan fingerprint density at radius 3 is 1.26 bits per heavy atom. The van der Waals surface area contributed by atoms with E-state index in [-0.39, 0.29) is 38.9 Å². The van der Waals surface area contributed by atoms with E-state index in [2.05, 4.69) is 0 Å². The lowest BCUT2D eigenvalue weighted by Gasteiger charge is -2.32. The number of ether oxygens (including phenoxy) is 2. The highest BCUT2D eigenvalue weighted by Gasteiger charge is 2.39. The molecule has 2 aliphatic heterocycles. The molecule has 0 aliphatic carbocycles. The van der Waals surface area contributed by atoms with Crippen molar-refractivity contribution in [2.45, 2.75) is 37.8 Å². The molecule has 0 spiro atoms. The van der Waals surface area contributed by atoms with Crippen molar-refractivity contribution >= 4 is 54.4 Å². The third-order valence-electron chi connectivity index (χ3n) is 6.49. The minimum atomic E-state index is -2.78. The number of hydrogen-bond donors (Lipinski definition) is 0. The fraction of sp³-hybridized carbons (Fsp3) is 0.308. The number of benzene rings is 2. The molecule has 2 heterocycles. The molecule has 39 heavy (non-hydrogen) atoms. The molecule has 0 unspecified atom stereocenters. The summed E-state index contributed by atoms with van der Waals surface area (Å²) in [5.41, 5.74) is 0. The van der Waals surface area contributed by atoms with Crippen molar-refractivity contribution in [1.29, 1.82) is 0 Å². The van der Waals surface area contributed by atoms with Crippen LogP contribution in [0.15, 0.2) is 60.7 Å². The summed E-state index contributed by atoms with van der Waals surface area (Å²) >= 11 is 0. The first-order valence-corrected chi connectivity index (χ1v) is 14.7. The number of amides is 4. The Bertz CT molecular complexity index is 1120. The zero-order chi connectivity index (χ0) is 27.8. The van der Waals surface area contributed by atoms with E-state index in [9.17, 15) is 28.8 Å². The minimum absolute atomic E-state index is 0.0351. The fourth-order valence-corrected chi connectivity index (χ4v) is 8.82. The number of imide groups is 2. The number of carbonyl (C=O) groups is 6. The van der Waals surface area contributed by atoms with E-state index in [1.807, 2.05) is 60.7 Å². The summed E-state index contributed by atoms with van der Waals surface area (Å²) in [5.74, 6) is -2.46. The quantitative estimate of drug-likeness (QED) is 0.241. The maximum absolute atomic E-state index is 12.2. The summed E-state index contributed by atoms with van der Waals surface area (Å²) in [6, 6.07) is 19.7. The molecule has 12 nitrogen and oxygen atoms in total. The molecule has 0 saturated carbocycles. The Kier molecular flexibility index (Phi) is 8.71. The molecule has 0 atom stereocenters. The molecule has 0 N–H and O–H groups in total. The number of rotatable bonds is 10. The summed E-state index contributed by atoms with van der Waals surface area (Å²) in [7, 11) is -2.78. The van der Waals surface area contributed by atoms with Crippen molar-refractivity contribution in [3.8, 4) is 0 Å². The number of carbonyl (C=O) groups excluding carboxylic acids is 6. The molecule has 2 saturated heterocycles. The van der Waals surface area contributed by atoms with Gasteiger partial charge in [0.1, 0.15) is 8.07 Å². The fourth-order valence-electron chi connectivity index (χ4n) is 4.52. The lowest BCUT2D eigenvalue weighted by molar-refractivity contribution is -0.177. The van der Waals surface area contributed by atoms with Crippen molar-refractivity contribution in [2.75, 3.05) is 13.2 Å². The van der Waals surface area contributed by atoms with Gasteiger partial charge in [-0.2, -0.15) is 0 Å². The van der Waals surface area contributed by atoms with Crippen LogP contribution in [-0.2, 0) is 38.3 Å². The topological polar surface area (TPSA) is 146 Å². The normalized spacial score (nSPS) is 15.5. The molecule has 13 heteroatoms. The van der Waals surface area contributed by atoms with Gasteiger partial charge in [-0.05, 0) is 12.1 Å². The molecular formula is C26H26N2O10Si. The van der Waals surface area contributed by atoms with Crippen molar-refractivity contribution in [3.05, 3.63) is 60.7 Å². The first kappa shape index (κ1) is 27.5. The summed E-state index contributed by atoms with van der Waals surface area (Å²) in [6.07, 6.45) is -2.50. The molecule has 4 amide bonds. The largest absolute Gasteiger partial charge is 0.533 e. The van der Waals surface area contributed by atoms with Gasteiger partial charge in [0.05, 0.1) is 13.2 Å². The molecule has 0 bridgehead atoms. The Balaban J connectivity index is 1.47. The van der Waals surface area contributed by atoms with Gasteiger partial charge in [0, 0.05) is 25.7 Å². The number of hydroxylamine groups is 4. The summed E-state index contributed by atoms with van der Waals surface area (Å²) in [6.45, 7) is -0.210. The molecule has 2 aromatic rings. The second kappa shape index (κ2) is 12.3. The maximum Gasteiger partial charge on any atom is 0.533 e. The van der Waals surface area contributed by atoms with E-state index in [0.29, 0.717) is 22.2 Å². The van der Waals surface area contributed by atoms with Crippen LogP contribution in [0, 0.1) is 0 Å². The predicted molar refractivity (Wildman–Crippen MR) is 135 cm³/mol. The van der Waals surface area contributed by atoms with Crippen LogP contribution in [0.4, 0.5) is 9.59 Å². The Morgan fingerprint density at radius 2 is 0.923 bits per heavy atom. The standard InChI is InChI=1S/C26H26N2O10Si/c29-21-11-12-22(30)27(21)37-25(33)35-15-17-39(19-7-3-1-4-8-19,20-9-5-2-6-10-20)18-16-36-26(34)38-28-23(31)13-14-24(28)32/h1-10H,11-18H2. The van der Waals surface area contributed by atoms with E-state index < -0.39 is 44.0 Å². The van der Waals surface area contributed by atoms with Gasteiger partial charge < -0.3 is 9.47 Å². The molecule has 4 rings (SSSR count). The van der Waals surface area contributed by atoms with E-state index in [4.69, 9.17) is 19.1 Å². The molecule has 2 aliphatic rings. The molecule has 2 fully saturated rings. The van der Waals surface area contributed by atoms with Crippen LogP contribution >= 0.6 is 0 Å². The molecule has 204 valence electrons. The third kappa shape index (κ3) is 6.49. The first-order valence-electron chi connectivity index (χ1n) is 12.3. The highest BCUT2D eigenvalue weighted by atomic mass is 28.3. The second-order valence-electron chi connectivity index (χ2n) is 8.86. The van der Waals surface area contributed by atoms with Gasteiger partial charge in [-0.15, -0.1) is 0 Å². The minimum Gasteiger partial charge on any atom is -0.433 e. The Morgan fingerprint density at radius 1 is 0.590 bits per heavy atom. The van der Waals surface area contributed by atoms with Gasteiger partial charge in [-0.25, -0.2) is 9.59 Å². The summed E-state index contributed by atoms with van der Waals surface area (Å²) in [5, 5.41) is 2.77. The van der Waals surface area contributed by atoms with Crippen LogP contribution in [-0.4, -0.2) is 67.4 Å². The highest BCUT2D eigenvalue weighted by molar-refractivity contribution is 7.02. The van der Waals surface area contributed by atoms with Crippen LogP contribution in [0.3, 0.4) is 0 Å². The van der Waals surface area contributed by atoms with Gasteiger partial charge in [0.15, 0.2) is 0 Å². The average Bonchev–Trinajstić information content (AvgIpc) is 3.43. The SMILES string of the molecule is O=C(OCC[Si](CCOC(=O)ON1C(=O)CCC1=O)(c1ccccc1)c1ccccc1)ON1C(=O)CCC1=O. The van der Waals surface area contributed by atoms with Gasteiger partial charge in [-0.3, -0.25) is 28.9 Å². The molecule has 2 aromatic carbocycles. The molecular weight excluding hydrogens is 528 g/mol. The molecule has 0 radical (unpaired) electrons. The predicted octanol–water partition coefficient (Wildman–Crippen LogP) is 1.68. The van der Waals surface area contributed by atoms with E-state index >= 15 is 0 Å². The van der Waals surface area contributed by atoms with E-state index in [1.54, 1.807) is 0 Å². The monoisotopic (exact) mass is 554 g/mol. The lowest BCUT2D eigenvalue weighted by atomic mass is 10.4. The smallest absolute Gasteiger partial charge is 0.433 e. The van der Waals surface area contributed by atoms with Crippen molar-refractivity contribution in [3.63, 3.8) is 0 Å². The lowest BCUT2D eigenvalue weighted by Crippen LogP contribution is -2.59. The van der Waals surface area contributed by atoms with Crippen molar-refractivity contribution < 1.29 is 47.9 Å². The average molecular weight is 555 g/mol. The van der Waals surface area contributed by atoms with Crippen molar-refractivity contribution in [2.24, 2.45) is 0 Å². The number of hydrogen-bond acceptors (Lipinski definition) is 10. The Labute approximate surface area is 224 Å². The van der Waals surface area contributed by atoms with Crippen LogP contribution in [0.25, 0.3) is 0 Å². The second-order valence-corrected chi connectivity index (χ2v) is 13.2.